The highest BCUT2D eigenvalue weighted by atomic mass is 19.4. The van der Waals surface area contributed by atoms with Crippen LogP contribution in [0.1, 0.15) is 11.1 Å². The Morgan fingerprint density at radius 2 is 1.95 bits per heavy atom. The average Bonchev–Trinajstić information content (AvgIpc) is 2.38. The van der Waals surface area contributed by atoms with E-state index in [0.29, 0.717) is 0 Å². The Balaban J connectivity index is 2.55. The SMILES string of the molecule is O=c1ccc(-c2ccc(CO)c(C(F)(F)F)c2)n[nH]1. The zero-order valence-electron chi connectivity index (χ0n) is 9.53. The third kappa shape index (κ3) is 2.82. The lowest BCUT2D eigenvalue weighted by molar-refractivity contribution is -0.138. The molecule has 0 radical (unpaired) electrons. The molecule has 0 saturated heterocycles. The first-order chi connectivity index (χ1) is 8.91. The van der Waals surface area contributed by atoms with Gasteiger partial charge in [-0.3, -0.25) is 4.79 Å². The van der Waals surface area contributed by atoms with Crippen molar-refractivity contribution < 1.29 is 18.3 Å². The van der Waals surface area contributed by atoms with E-state index < -0.39 is 23.9 Å². The van der Waals surface area contributed by atoms with Gasteiger partial charge in [0.2, 0.25) is 0 Å². The molecule has 0 saturated carbocycles. The Kier molecular flexibility index (Phi) is 3.39. The van der Waals surface area contributed by atoms with Crippen LogP contribution in [0.2, 0.25) is 0 Å². The minimum absolute atomic E-state index is 0.208. The second-order valence-electron chi connectivity index (χ2n) is 3.83. The molecule has 0 fully saturated rings. The summed E-state index contributed by atoms with van der Waals surface area (Å²) >= 11 is 0. The van der Waals surface area contributed by atoms with Crippen LogP contribution in [0.25, 0.3) is 11.3 Å². The minimum Gasteiger partial charge on any atom is -0.392 e. The van der Waals surface area contributed by atoms with Crippen molar-refractivity contribution in [3.8, 4) is 11.3 Å². The molecule has 7 heteroatoms. The van der Waals surface area contributed by atoms with E-state index in [4.69, 9.17) is 5.11 Å². The number of nitrogens with zero attached hydrogens (tertiary/aromatic N) is 1. The predicted molar refractivity (Wildman–Crippen MR) is 61.2 cm³/mol. The van der Waals surface area contributed by atoms with E-state index in [-0.39, 0.29) is 16.8 Å². The normalized spacial score (nSPS) is 11.6. The molecular formula is C12H9F3N2O2. The van der Waals surface area contributed by atoms with E-state index in [1.807, 2.05) is 0 Å². The van der Waals surface area contributed by atoms with Gasteiger partial charge in [0.05, 0.1) is 17.9 Å². The number of alkyl halides is 3. The van der Waals surface area contributed by atoms with Crippen molar-refractivity contribution >= 4 is 0 Å². The van der Waals surface area contributed by atoms with E-state index in [1.165, 1.54) is 24.3 Å². The summed E-state index contributed by atoms with van der Waals surface area (Å²) in [6.45, 7) is -0.700. The Labute approximate surface area is 105 Å². The second kappa shape index (κ2) is 4.85. The Bertz CT molecular complexity index is 630. The fraction of sp³-hybridized carbons (Fsp3) is 0.167. The zero-order chi connectivity index (χ0) is 14.0. The number of aliphatic hydroxyl groups is 1. The smallest absolute Gasteiger partial charge is 0.392 e. The highest BCUT2D eigenvalue weighted by Gasteiger charge is 2.33. The molecule has 0 spiro atoms. The molecule has 1 aromatic carbocycles. The third-order valence-corrected chi connectivity index (χ3v) is 2.56. The van der Waals surface area contributed by atoms with Crippen LogP contribution in [-0.4, -0.2) is 15.3 Å². The summed E-state index contributed by atoms with van der Waals surface area (Å²) < 4.78 is 38.4. The van der Waals surface area contributed by atoms with E-state index >= 15 is 0 Å². The number of hydrogen-bond acceptors (Lipinski definition) is 3. The van der Waals surface area contributed by atoms with E-state index in [0.717, 1.165) is 6.07 Å². The van der Waals surface area contributed by atoms with Gasteiger partial charge in [-0.15, -0.1) is 0 Å². The number of H-pyrrole nitrogens is 1. The van der Waals surface area contributed by atoms with Gasteiger partial charge >= 0.3 is 6.18 Å². The number of halogens is 3. The summed E-state index contributed by atoms with van der Waals surface area (Å²) in [7, 11) is 0. The van der Waals surface area contributed by atoms with Gasteiger partial charge in [-0.1, -0.05) is 12.1 Å². The van der Waals surface area contributed by atoms with Gasteiger partial charge in [0.15, 0.2) is 0 Å². The summed E-state index contributed by atoms with van der Waals surface area (Å²) in [5, 5.41) is 14.7. The van der Waals surface area contributed by atoms with Gasteiger partial charge in [0.1, 0.15) is 0 Å². The van der Waals surface area contributed by atoms with Gasteiger partial charge in [-0.2, -0.15) is 18.3 Å². The van der Waals surface area contributed by atoms with Crippen LogP contribution >= 0.6 is 0 Å². The van der Waals surface area contributed by atoms with Crippen LogP contribution in [0.5, 0.6) is 0 Å². The summed E-state index contributed by atoms with van der Waals surface area (Å²) in [4.78, 5) is 10.8. The van der Waals surface area contributed by atoms with E-state index in [9.17, 15) is 18.0 Å². The van der Waals surface area contributed by atoms with Crippen molar-refractivity contribution in [3.05, 3.63) is 51.8 Å². The lowest BCUT2D eigenvalue weighted by atomic mass is 10.0. The van der Waals surface area contributed by atoms with Crippen molar-refractivity contribution in [2.75, 3.05) is 0 Å². The maximum Gasteiger partial charge on any atom is 0.416 e. The molecule has 0 amide bonds. The maximum atomic E-state index is 12.8. The second-order valence-corrected chi connectivity index (χ2v) is 3.83. The van der Waals surface area contributed by atoms with Crippen molar-refractivity contribution in [1.29, 1.82) is 0 Å². The first-order valence-electron chi connectivity index (χ1n) is 5.29. The Hall–Kier alpha value is -2.15. The van der Waals surface area contributed by atoms with Gasteiger partial charge in [-0.25, -0.2) is 5.10 Å². The highest BCUT2D eigenvalue weighted by molar-refractivity contribution is 5.60. The summed E-state index contributed by atoms with van der Waals surface area (Å²) in [6, 6.07) is 5.99. The van der Waals surface area contributed by atoms with Crippen LogP contribution < -0.4 is 5.56 Å². The molecule has 100 valence electrons. The van der Waals surface area contributed by atoms with Crippen LogP contribution in [0.3, 0.4) is 0 Å². The zero-order valence-corrected chi connectivity index (χ0v) is 9.53. The largest absolute Gasteiger partial charge is 0.416 e. The minimum atomic E-state index is -4.56. The molecule has 1 heterocycles. The van der Waals surface area contributed by atoms with E-state index in [2.05, 4.69) is 10.2 Å². The summed E-state index contributed by atoms with van der Waals surface area (Å²) in [6.07, 6.45) is -4.56. The number of benzene rings is 1. The number of nitrogens with one attached hydrogen (secondary N) is 1. The van der Waals surface area contributed by atoms with Crippen molar-refractivity contribution in [1.82, 2.24) is 10.2 Å². The van der Waals surface area contributed by atoms with Crippen molar-refractivity contribution in [3.63, 3.8) is 0 Å². The van der Waals surface area contributed by atoms with Crippen LogP contribution in [0, 0.1) is 0 Å². The number of aromatic nitrogens is 2. The summed E-state index contributed by atoms with van der Waals surface area (Å²) in [5.41, 5.74) is -1.14. The fourth-order valence-corrected chi connectivity index (χ4v) is 1.64. The lowest BCUT2D eigenvalue weighted by Crippen LogP contribution is -2.10. The summed E-state index contributed by atoms with van der Waals surface area (Å²) in [5.74, 6) is 0. The molecule has 19 heavy (non-hydrogen) atoms. The first-order valence-corrected chi connectivity index (χ1v) is 5.29. The van der Waals surface area contributed by atoms with Gasteiger partial charge in [0, 0.05) is 11.6 Å². The lowest BCUT2D eigenvalue weighted by Gasteiger charge is -2.12. The highest BCUT2D eigenvalue weighted by Crippen LogP contribution is 2.34. The number of aliphatic hydroxyl groups excluding tert-OH is 1. The third-order valence-electron chi connectivity index (χ3n) is 2.56. The molecule has 4 nitrogen and oxygen atoms in total. The first kappa shape index (κ1) is 13.3. The maximum absolute atomic E-state index is 12.8. The van der Waals surface area contributed by atoms with Crippen molar-refractivity contribution in [2.45, 2.75) is 12.8 Å². The molecule has 0 aliphatic carbocycles. The molecule has 2 N–H and O–H groups in total. The molecule has 2 aromatic rings. The molecular weight excluding hydrogens is 261 g/mol. The van der Waals surface area contributed by atoms with Gasteiger partial charge in [0.25, 0.3) is 5.56 Å². The van der Waals surface area contributed by atoms with Crippen LogP contribution in [0.4, 0.5) is 13.2 Å². The topological polar surface area (TPSA) is 66.0 Å². The molecule has 0 atom stereocenters. The monoisotopic (exact) mass is 270 g/mol. The molecule has 0 unspecified atom stereocenters. The predicted octanol–water partition coefficient (Wildman–Crippen LogP) is 1.95. The fourth-order valence-electron chi connectivity index (χ4n) is 1.64. The molecule has 0 aliphatic heterocycles. The molecule has 2 rings (SSSR count). The molecule has 0 bridgehead atoms. The molecule has 1 aromatic heterocycles. The number of aromatic amines is 1. The molecule has 0 aliphatic rings. The van der Waals surface area contributed by atoms with Crippen LogP contribution in [-0.2, 0) is 12.8 Å². The van der Waals surface area contributed by atoms with E-state index in [1.54, 1.807) is 0 Å². The number of hydrogen-bond donors (Lipinski definition) is 2. The quantitative estimate of drug-likeness (QED) is 0.876. The Morgan fingerprint density at radius 1 is 1.21 bits per heavy atom. The van der Waals surface area contributed by atoms with Crippen LogP contribution in [0.15, 0.2) is 35.1 Å². The standard InChI is InChI=1S/C12H9F3N2O2/c13-12(14,15)9-5-7(1-2-8(9)6-18)10-3-4-11(19)17-16-10/h1-5,18H,6H2,(H,17,19). The Morgan fingerprint density at radius 3 is 2.47 bits per heavy atom. The van der Waals surface area contributed by atoms with Crippen molar-refractivity contribution in [2.24, 2.45) is 0 Å². The average molecular weight is 270 g/mol. The van der Waals surface area contributed by atoms with Gasteiger partial charge in [-0.05, 0) is 17.7 Å². The number of rotatable bonds is 2. The van der Waals surface area contributed by atoms with Gasteiger partial charge < -0.3 is 5.11 Å².